The summed E-state index contributed by atoms with van der Waals surface area (Å²) in [5.74, 6) is -1.52. The van der Waals surface area contributed by atoms with Gasteiger partial charge in [0.05, 0.1) is 10.7 Å². The summed E-state index contributed by atoms with van der Waals surface area (Å²) in [4.78, 5) is 41.0. The van der Waals surface area contributed by atoms with Gasteiger partial charge in [-0.2, -0.15) is 0 Å². The molecule has 3 aromatic rings. The van der Waals surface area contributed by atoms with Crippen molar-refractivity contribution in [3.8, 4) is 11.6 Å². The number of carbonyl (C=O) groups excluding carboxylic acids is 1. The number of aromatic amines is 1. The third-order valence-electron chi connectivity index (χ3n) is 4.26. The zero-order valence-electron chi connectivity index (χ0n) is 15.7. The number of aromatic nitrogens is 2. The highest BCUT2D eigenvalue weighted by molar-refractivity contribution is 6.32. The van der Waals surface area contributed by atoms with E-state index < -0.39 is 28.5 Å². The molecule has 148 valence electrons. The fourth-order valence-electron chi connectivity index (χ4n) is 2.74. The molecule has 1 heterocycles. The molecule has 0 saturated carbocycles. The molecule has 7 nitrogen and oxygen atoms in total. The molecule has 0 aliphatic rings. The molecule has 8 heteroatoms. The molecule has 0 saturated heterocycles. The normalized spacial score (nSPS) is 11.0. The molecule has 0 amide bonds. The first-order valence-electron chi connectivity index (χ1n) is 8.62. The molecule has 0 aliphatic heterocycles. The highest BCUT2D eigenvalue weighted by Crippen LogP contribution is 2.23. The molecule has 0 fully saturated rings. The SMILES string of the molecule is CN(C)c1ccc(/C=C/C(=O)c2c(O)n(-c3ccccc3Cl)c(=O)[nH]c2=O)cc1. The van der Waals surface area contributed by atoms with Crippen molar-refractivity contribution >= 4 is 29.1 Å². The number of benzene rings is 2. The quantitative estimate of drug-likeness (QED) is 0.497. The van der Waals surface area contributed by atoms with Crippen LogP contribution in [0, 0.1) is 0 Å². The minimum Gasteiger partial charge on any atom is -0.493 e. The van der Waals surface area contributed by atoms with Crippen LogP contribution in [0.1, 0.15) is 15.9 Å². The summed E-state index contributed by atoms with van der Waals surface area (Å²) >= 11 is 6.09. The van der Waals surface area contributed by atoms with Crippen molar-refractivity contribution in [3.05, 3.63) is 91.6 Å². The molecule has 0 bridgehead atoms. The number of anilines is 1. The maximum Gasteiger partial charge on any atom is 0.335 e. The summed E-state index contributed by atoms with van der Waals surface area (Å²) in [5, 5.41) is 10.7. The van der Waals surface area contributed by atoms with Crippen molar-refractivity contribution in [1.29, 1.82) is 0 Å². The van der Waals surface area contributed by atoms with E-state index in [1.807, 2.05) is 48.2 Å². The summed E-state index contributed by atoms with van der Waals surface area (Å²) < 4.78 is 0.788. The second kappa shape index (κ2) is 8.20. The molecule has 0 atom stereocenters. The maximum absolute atomic E-state index is 12.6. The Morgan fingerprint density at radius 1 is 1.10 bits per heavy atom. The van der Waals surface area contributed by atoms with E-state index in [-0.39, 0.29) is 10.7 Å². The molecule has 1 aromatic heterocycles. The molecule has 0 unspecified atom stereocenters. The van der Waals surface area contributed by atoms with E-state index in [4.69, 9.17) is 11.6 Å². The number of nitrogens with zero attached hydrogens (tertiary/aromatic N) is 2. The van der Waals surface area contributed by atoms with E-state index in [0.717, 1.165) is 21.9 Å². The minimum absolute atomic E-state index is 0.144. The van der Waals surface area contributed by atoms with Crippen molar-refractivity contribution in [2.24, 2.45) is 0 Å². The zero-order valence-corrected chi connectivity index (χ0v) is 16.5. The Labute approximate surface area is 171 Å². The average molecular weight is 412 g/mol. The van der Waals surface area contributed by atoms with Crippen LogP contribution in [0.5, 0.6) is 5.88 Å². The van der Waals surface area contributed by atoms with E-state index in [1.165, 1.54) is 18.2 Å². The fourth-order valence-corrected chi connectivity index (χ4v) is 2.96. The predicted octanol–water partition coefficient (Wildman–Crippen LogP) is 2.85. The van der Waals surface area contributed by atoms with Crippen LogP contribution in [0.4, 0.5) is 5.69 Å². The molecule has 29 heavy (non-hydrogen) atoms. The Hall–Kier alpha value is -3.58. The summed E-state index contributed by atoms with van der Waals surface area (Å²) in [6, 6.07) is 13.7. The maximum atomic E-state index is 12.6. The third-order valence-corrected chi connectivity index (χ3v) is 4.58. The van der Waals surface area contributed by atoms with Gasteiger partial charge in [-0.05, 0) is 35.9 Å². The van der Waals surface area contributed by atoms with Crippen molar-refractivity contribution in [3.63, 3.8) is 0 Å². The number of allylic oxidation sites excluding steroid dienone is 1. The van der Waals surface area contributed by atoms with Gasteiger partial charge in [-0.15, -0.1) is 0 Å². The number of carbonyl (C=O) groups is 1. The monoisotopic (exact) mass is 411 g/mol. The Balaban J connectivity index is 2.01. The second-order valence-electron chi connectivity index (χ2n) is 6.43. The number of hydrogen-bond acceptors (Lipinski definition) is 5. The standard InChI is InChI=1S/C21H18ClN3O4/c1-24(2)14-10-7-13(8-11-14)9-12-17(26)18-19(27)23-21(29)25(20(18)28)16-6-4-3-5-15(16)22/h3-12,28H,1-2H3,(H,23,27,29)/b12-9+. The van der Waals surface area contributed by atoms with Gasteiger partial charge in [0.25, 0.3) is 5.56 Å². The van der Waals surface area contributed by atoms with Crippen molar-refractivity contribution in [2.45, 2.75) is 0 Å². The smallest absolute Gasteiger partial charge is 0.335 e. The van der Waals surface area contributed by atoms with E-state index in [0.29, 0.717) is 0 Å². The van der Waals surface area contributed by atoms with Gasteiger partial charge in [-0.3, -0.25) is 14.6 Å². The molecule has 2 aromatic carbocycles. The minimum atomic E-state index is -0.978. The first-order chi connectivity index (χ1) is 13.8. The number of hydrogen-bond donors (Lipinski definition) is 2. The summed E-state index contributed by atoms with van der Waals surface area (Å²) in [6.07, 6.45) is 2.68. The average Bonchev–Trinajstić information content (AvgIpc) is 2.67. The number of halogens is 1. The summed E-state index contributed by atoms with van der Waals surface area (Å²) in [6.45, 7) is 0. The van der Waals surface area contributed by atoms with Gasteiger partial charge < -0.3 is 10.0 Å². The Morgan fingerprint density at radius 2 is 1.76 bits per heavy atom. The number of para-hydroxylation sites is 1. The number of rotatable bonds is 5. The van der Waals surface area contributed by atoms with E-state index in [9.17, 15) is 19.5 Å². The van der Waals surface area contributed by atoms with Crippen LogP contribution in [0.15, 0.2) is 64.2 Å². The number of nitrogens with one attached hydrogen (secondary N) is 1. The first kappa shape index (κ1) is 20.2. The molecule has 0 radical (unpaired) electrons. The third kappa shape index (κ3) is 4.14. The highest BCUT2D eigenvalue weighted by Gasteiger charge is 2.21. The van der Waals surface area contributed by atoms with Crippen molar-refractivity contribution < 1.29 is 9.90 Å². The van der Waals surface area contributed by atoms with Gasteiger partial charge in [-0.1, -0.05) is 41.9 Å². The van der Waals surface area contributed by atoms with Crippen LogP contribution in [0.25, 0.3) is 11.8 Å². The topological polar surface area (TPSA) is 95.4 Å². The lowest BCUT2D eigenvalue weighted by molar-refractivity contribution is 0.104. The lowest BCUT2D eigenvalue weighted by atomic mass is 10.1. The van der Waals surface area contributed by atoms with E-state index in [2.05, 4.69) is 0 Å². The van der Waals surface area contributed by atoms with Crippen LogP contribution >= 0.6 is 11.6 Å². The van der Waals surface area contributed by atoms with Crippen LogP contribution in [0.3, 0.4) is 0 Å². The van der Waals surface area contributed by atoms with Crippen LogP contribution in [-0.2, 0) is 0 Å². The van der Waals surface area contributed by atoms with Gasteiger partial charge >= 0.3 is 5.69 Å². The predicted molar refractivity (Wildman–Crippen MR) is 113 cm³/mol. The fraction of sp³-hybridized carbons (Fsp3) is 0.0952. The van der Waals surface area contributed by atoms with Crippen molar-refractivity contribution in [2.75, 3.05) is 19.0 Å². The molecule has 0 aliphatic carbocycles. The number of H-pyrrole nitrogens is 1. The Morgan fingerprint density at radius 3 is 2.38 bits per heavy atom. The lowest BCUT2D eigenvalue weighted by Gasteiger charge is -2.12. The van der Waals surface area contributed by atoms with Gasteiger partial charge in [0.2, 0.25) is 5.88 Å². The van der Waals surface area contributed by atoms with E-state index >= 15 is 0 Å². The Bertz CT molecular complexity index is 1210. The molecule has 2 N–H and O–H groups in total. The van der Waals surface area contributed by atoms with Gasteiger partial charge in [-0.25, -0.2) is 9.36 Å². The Kier molecular flexibility index (Phi) is 5.70. The van der Waals surface area contributed by atoms with Gasteiger partial charge in [0.15, 0.2) is 5.78 Å². The molecule has 0 spiro atoms. The second-order valence-corrected chi connectivity index (χ2v) is 6.84. The highest BCUT2D eigenvalue weighted by atomic mass is 35.5. The summed E-state index contributed by atoms with van der Waals surface area (Å²) in [5.41, 5.74) is -0.557. The van der Waals surface area contributed by atoms with Crippen LogP contribution in [-0.4, -0.2) is 34.5 Å². The van der Waals surface area contributed by atoms with Gasteiger partial charge in [0.1, 0.15) is 5.56 Å². The van der Waals surface area contributed by atoms with Gasteiger partial charge in [0, 0.05) is 19.8 Å². The van der Waals surface area contributed by atoms with Crippen LogP contribution < -0.4 is 16.1 Å². The first-order valence-corrected chi connectivity index (χ1v) is 9.00. The number of ketones is 1. The largest absolute Gasteiger partial charge is 0.493 e. The molecular formula is C21H18ClN3O4. The van der Waals surface area contributed by atoms with E-state index in [1.54, 1.807) is 12.1 Å². The molecule has 3 rings (SSSR count). The molecular weight excluding hydrogens is 394 g/mol. The lowest BCUT2D eigenvalue weighted by Crippen LogP contribution is -2.32. The van der Waals surface area contributed by atoms with Crippen LogP contribution in [0.2, 0.25) is 5.02 Å². The van der Waals surface area contributed by atoms with Crippen molar-refractivity contribution in [1.82, 2.24) is 9.55 Å². The zero-order chi connectivity index (χ0) is 21.1. The summed E-state index contributed by atoms with van der Waals surface area (Å²) in [7, 11) is 3.83. The number of aromatic hydroxyl groups is 1.